The number of nitrogens with two attached hydrogens (primary N) is 1. The maximum Gasteiger partial charge on any atom is 0.419 e. The van der Waals surface area contributed by atoms with E-state index in [9.17, 15) is 18.3 Å². The molecule has 150 valence electrons. The molecule has 0 saturated carbocycles. The third-order valence-corrected chi connectivity index (χ3v) is 5.31. The molecule has 0 bridgehead atoms. The van der Waals surface area contributed by atoms with Gasteiger partial charge in [0.1, 0.15) is 10.8 Å². The van der Waals surface area contributed by atoms with Crippen molar-refractivity contribution >= 4 is 22.1 Å². The van der Waals surface area contributed by atoms with Gasteiger partial charge in [-0.05, 0) is 31.2 Å². The van der Waals surface area contributed by atoms with Crippen LogP contribution < -0.4 is 10.5 Å². The van der Waals surface area contributed by atoms with E-state index in [2.05, 4.69) is 15.1 Å². The number of nitrogens with zero attached hydrogens (tertiary/aromatic N) is 4. The molecule has 0 aliphatic carbocycles. The number of fused-ring (bicyclic) bond motifs is 1. The van der Waals surface area contributed by atoms with Crippen molar-refractivity contribution in [3.05, 3.63) is 41.7 Å². The first-order chi connectivity index (χ1) is 13.7. The Labute approximate surface area is 166 Å². The van der Waals surface area contributed by atoms with Gasteiger partial charge in [-0.25, -0.2) is 14.5 Å². The van der Waals surface area contributed by atoms with Crippen LogP contribution in [0.1, 0.15) is 11.3 Å². The van der Waals surface area contributed by atoms with Crippen LogP contribution in [0.4, 0.5) is 19.0 Å². The van der Waals surface area contributed by atoms with Gasteiger partial charge in [-0.1, -0.05) is 11.3 Å². The van der Waals surface area contributed by atoms with E-state index in [4.69, 9.17) is 10.5 Å². The normalized spacial score (nSPS) is 11.9. The second kappa shape index (κ2) is 6.62. The fourth-order valence-corrected chi connectivity index (χ4v) is 3.82. The SMILES string of the molecule is COc1cc(-c2nn3c(C)c(-c4cnc(N)c(C(F)(F)F)c4)nc3s2)ccc1O. The van der Waals surface area contributed by atoms with Gasteiger partial charge < -0.3 is 15.6 Å². The highest BCUT2D eigenvalue weighted by Gasteiger charge is 2.34. The molecule has 0 amide bonds. The third-order valence-electron chi connectivity index (χ3n) is 4.35. The Morgan fingerprint density at radius 1 is 1.21 bits per heavy atom. The second-order valence-electron chi connectivity index (χ2n) is 6.19. The average Bonchev–Trinajstić information content (AvgIpc) is 3.21. The molecule has 0 aliphatic heterocycles. The summed E-state index contributed by atoms with van der Waals surface area (Å²) in [5.74, 6) is -0.269. The van der Waals surface area contributed by atoms with Crippen LogP contribution in [0, 0.1) is 6.92 Å². The van der Waals surface area contributed by atoms with Crippen molar-refractivity contribution < 1.29 is 23.0 Å². The number of methoxy groups -OCH3 is 1. The van der Waals surface area contributed by atoms with Gasteiger partial charge in [0.15, 0.2) is 11.5 Å². The van der Waals surface area contributed by atoms with Crippen LogP contribution in [0.15, 0.2) is 30.5 Å². The summed E-state index contributed by atoms with van der Waals surface area (Å²) in [5.41, 5.74) is 6.19. The second-order valence-corrected chi connectivity index (χ2v) is 7.14. The molecule has 1 aromatic carbocycles. The smallest absolute Gasteiger partial charge is 0.419 e. The van der Waals surface area contributed by atoms with Crippen LogP contribution in [-0.2, 0) is 6.18 Å². The molecule has 4 aromatic rings. The van der Waals surface area contributed by atoms with Gasteiger partial charge in [0.05, 0.1) is 24.1 Å². The number of aromatic hydroxyl groups is 1. The number of hydrogen-bond donors (Lipinski definition) is 2. The minimum absolute atomic E-state index is 0.00682. The molecule has 3 aromatic heterocycles. The average molecular weight is 421 g/mol. The first kappa shape index (κ1) is 19.0. The molecule has 3 heterocycles. The highest BCUT2D eigenvalue weighted by Crippen LogP contribution is 2.37. The number of phenolic OH excluding ortho intramolecular Hbond substituents is 1. The number of nitrogen functional groups attached to an aromatic ring is 1. The van der Waals surface area contributed by atoms with Gasteiger partial charge in [0.25, 0.3) is 0 Å². The summed E-state index contributed by atoms with van der Waals surface area (Å²) < 4.78 is 46.1. The van der Waals surface area contributed by atoms with E-state index < -0.39 is 17.6 Å². The lowest BCUT2D eigenvalue weighted by molar-refractivity contribution is -0.137. The van der Waals surface area contributed by atoms with Crippen molar-refractivity contribution in [2.75, 3.05) is 12.8 Å². The summed E-state index contributed by atoms with van der Waals surface area (Å²) in [4.78, 5) is 8.60. The molecule has 4 rings (SSSR count). The van der Waals surface area contributed by atoms with E-state index in [1.807, 2.05) is 0 Å². The number of pyridine rings is 1. The van der Waals surface area contributed by atoms with E-state index in [0.717, 1.165) is 6.07 Å². The van der Waals surface area contributed by atoms with Crippen molar-refractivity contribution in [2.24, 2.45) is 0 Å². The summed E-state index contributed by atoms with van der Waals surface area (Å²) in [7, 11) is 1.44. The predicted octanol–water partition coefficient (Wildman–Crippen LogP) is 4.14. The van der Waals surface area contributed by atoms with Crippen molar-refractivity contribution in [3.8, 4) is 33.3 Å². The van der Waals surface area contributed by atoms with Crippen molar-refractivity contribution in [1.82, 2.24) is 19.6 Å². The van der Waals surface area contributed by atoms with Crippen LogP contribution in [0.25, 0.3) is 26.8 Å². The molecular formula is C18H14F3N5O2S. The van der Waals surface area contributed by atoms with E-state index in [1.54, 1.807) is 23.6 Å². The lowest BCUT2D eigenvalue weighted by Gasteiger charge is -2.10. The van der Waals surface area contributed by atoms with Crippen molar-refractivity contribution in [1.29, 1.82) is 0 Å². The van der Waals surface area contributed by atoms with Crippen molar-refractivity contribution in [3.63, 3.8) is 0 Å². The summed E-state index contributed by atoms with van der Waals surface area (Å²) in [5, 5.41) is 14.8. The largest absolute Gasteiger partial charge is 0.504 e. The summed E-state index contributed by atoms with van der Waals surface area (Å²) in [6, 6.07) is 5.76. The van der Waals surface area contributed by atoms with Gasteiger partial charge in [-0.2, -0.15) is 18.3 Å². The van der Waals surface area contributed by atoms with Crippen molar-refractivity contribution in [2.45, 2.75) is 13.1 Å². The number of aryl methyl sites for hydroxylation is 1. The maximum absolute atomic E-state index is 13.1. The number of alkyl halides is 3. The van der Waals surface area contributed by atoms with Crippen LogP contribution in [-0.4, -0.2) is 31.8 Å². The van der Waals surface area contributed by atoms with Crippen LogP contribution in [0.2, 0.25) is 0 Å². The zero-order chi connectivity index (χ0) is 20.9. The molecule has 3 N–H and O–H groups in total. The topological polar surface area (TPSA) is 98.6 Å². The molecule has 0 aliphatic rings. The first-order valence-corrected chi connectivity index (χ1v) is 9.07. The zero-order valence-corrected chi connectivity index (χ0v) is 16.0. The van der Waals surface area contributed by atoms with Gasteiger partial charge in [-0.3, -0.25) is 0 Å². The van der Waals surface area contributed by atoms with Gasteiger partial charge in [0, 0.05) is 17.3 Å². The maximum atomic E-state index is 13.1. The highest BCUT2D eigenvalue weighted by molar-refractivity contribution is 7.19. The fourth-order valence-electron chi connectivity index (χ4n) is 2.88. The quantitative estimate of drug-likeness (QED) is 0.516. The lowest BCUT2D eigenvalue weighted by atomic mass is 10.1. The summed E-state index contributed by atoms with van der Waals surface area (Å²) in [6.45, 7) is 1.71. The van der Waals surface area contributed by atoms with E-state index in [0.29, 0.717) is 32.7 Å². The molecule has 0 radical (unpaired) electrons. The highest BCUT2D eigenvalue weighted by atomic mass is 32.1. The fraction of sp³-hybridized carbons (Fsp3) is 0.167. The van der Waals surface area contributed by atoms with Gasteiger partial charge >= 0.3 is 6.18 Å². The number of ether oxygens (including phenoxy) is 1. The molecule has 7 nitrogen and oxygen atoms in total. The molecular weight excluding hydrogens is 407 g/mol. The zero-order valence-electron chi connectivity index (χ0n) is 15.2. The predicted molar refractivity (Wildman–Crippen MR) is 102 cm³/mol. The summed E-state index contributed by atoms with van der Waals surface area (Å²) in [6.07, 6.45) is -3.35. The van der Waals surface area contributed by atoms with E-state index in [1.165, 1.54) is 30.7 Å². The minimum Gasteiger partial charge on any atom is -0.504 e. The number of hydrogen-bond acceptors (Lipinski definition) is 7. The molecule has 0 atom stereocenters. The molecule has 0 spiro atoms. The molecule has 0 unspecified atom stereocenters. The molecule has 0 saturated heterocycles. The van der Waals surface area contributed by atoms with Crippen LogP contribution in [0.5, 0.6) is 11.5 Å². The van der Waals surface area contributed by atoms with E-state index in [-0.39, 0.29) is 11.3 Å². The number of rotatable bonds is 3. The van der Waals surface area contributed by atoms with Gasteiger partial charge in [0.2, 0.25) is 4.96 Å². The van der Waals surface area contributed by atoms with Gasteiger partial charge in [-0.15, -0.1) is 0 Å². The number of imidazole rings is 1. The lowest BCUT2D eigenvalue weighted by Crippen LogP contribution is -2.10. The Balaban J connectivity index is 1.79. The first-order valence-electron chi connectivity index (χ1n) is 8.25. The van der Waals surface area contributed by atoms with E-state index >= 15 is 0 Å². The summed E-state index contributed by atoms with van der Waals surface area (Å²) >= 11 is 1.25. The number of aromatic nitrogens is 4. The Bertz CT molecular complexity index is 1230. The molecule has 29 heavy (non-hydrogen) atoms. The monoisotopic (exact) mass is 421 g/mol. The Morgan fingerprint density at radius 3 is 2.62 bits per heavy atom. The standard InChI is InChI=1S/C18H14F3N5O2S/c1-8-14(10-5-11(18(19,20)21)15(22)23-7-10)24-17-26(8)25-16(29-17)9-3-4-12(27)13(6-9)28-2/h3-7,27H,1-2H3,(H2,22,23). The Morgan fingerprint density at radius 2 is 1.97 bits per heavy atom. The minimum atomic E-state index is -4.61. The number of anilines is 1. The number of benzene rings is 1. The Kier molecular flexibility index (Phi) is 4.34. The third kappa shape index (κ3) is 3.23. The van der Waals surface area contributed by atoms with Crippen LogP contribution in [0.3, 0.4) is 0 Å². The molecule has 11 heteroatoms. The number of phenols is 1. The molecule has 0 fully saturated rings. The Hall–Kier alpha value is -3.34. The number of halogens is 3. The van der Waals surface area contributed by atoms with Crippen LogP contribution >= 0.6 is 11.3 Å².